The summed E-state index contributed by atoms with van der Waals surface area (Å²) in [5.74, 6) is 0.649. The second kappa shape index (κ2) is 6.73. The first-order valence-electron chi connectivity index (χ1n) is 8.74. The van der Waals surface area contributed by atoms with E-state index in [2.05, 4.69) is 12.4 Å². The average Bonchev–Trinajstić information content (AvgIpc) is 2.59. The van der Waals surface area contributed by atoms with Crippen molar-refractivity contribution in [3.05, 3.63) is 28.8 Å². The molecule has 3 atom stereocenters. The van der Waals surface area contributed by atoms with Crippen molar-refractivity contribution >= 4 is 5.97 Å². The van der Waals surface area contributed by atoms with Gasteiger partial charge in [0.2, 0.25) is 0 Å². The number of rotatable bonds is 3. The smallest absolute Gasteiger partial charge is 0.338 e. The Bertz CT molecular complexity index is 630. The fourth-order valence-electron chi connectivity index (χ4n) is 4.74. The van der Waals surface area contributed by atoms with Gasteiger partial charge in [-0.2, -0.15) is 0 Å². The SMILES string of the molecule is COC(=O)c1cc(OC)cc2c1CC1CCCCCC2(C)C1NO. The van der Waals surface area contributed by atoms with E-state index in [4.69, 9.17) is 9.47 Å². The Kier molecular flexibility index (Phi) is 4.83. The van der Waals surface area contributed by atoms with E-state index in [1.807, 2.05) is 6.07 Å². The molecule has 3 rings (SSSR count). The summed E-state index contributed by atoms with van der Waals surface area (Å²) in [6, 6.07) is 3.80. The Hall–Kier alpha value is -1.59. The highest BCUT2D eigenvalue weighted by Crippen LogP contribution is 2.48. The molecule has 2 aliphatic rings. The van der Waals surface area contributed by atoms with Gasteiger partial charge >= 0.3 is 5.97 Å². The van der Waals surface area contributed by atoms with Crippen molar-refractivity contribution in [2.24, 2.45) is 5.92 Å². The van der Waals surface area contributed by atoms with Crippen LogP contribution in [0, 0.1) is 5.92 Å². The third-order valence-corrected chi connectivity index (χ3v) is 6.01. The molecular formula is C19H27NO4. The van der Waals surface area contributed by atoms with E-state index in [9.17, 15) is 10.0 Å². The molecule has 0 aromatic heterocycles. The second-order valence-electron chi connectivity index (χ2n) is 7.28. The summed E-state index contributed by atoms with van der Waals surface area (Å²) in [5, 5.41) is 9.88. The fourth-order valence-corrected chi connectivity index (χ4v) is 4.74. The van der Waals surface area contributed by atoms with Gasteiger partial charge in [-0.3, -0.25) is 0 Å². The van der Waals surface area contributed by atoms with E-state index < -0.39 is 0 Å². The van der Waals surface area contributed by atoms with Crippen LogP contribution >= 0.6 is 0 Å². The van der Waals surface area contributed by atoms with E-state index in [-0.39, 0.29) is 17.4 Å². The molecule has 24 heavy (non-hydrogen) atoms. The molecule has 5 heteroatoms. The molecule has 2 bridgehead atoms. The summed E-state index contributed by atoms with van der Waals surface area (Å²) in [6.45, 7) is 2.19. The first-order valence-corrected chi connectivity index (χ1v) is 8.74. The number of hydrogen-bond acceptors (Lipinski definition) is 5. The number of carbonyl (C=O) groups is 1. The molecule has 0 aliphatic heterocycles. The minimum atomic E-state index is -0.321. The van der Waals surface area contributed by atoms with Crippen LogP contribution in [0.2, 0.25) is 0 Å². The summed E-state index contributed by atoms with van der Waals surface area (Å²) in [5.41, 5.74) is 5.13. The minimum Gasteiger partial charge on any atom is -0.497 e. The largest absolute Gasteiger partial charge is 0.497 e. The topological polar surface area (TPSA) is 67.8 Å². The molecule has 132 valence electrons. The van der Waals surface area contributed by atoms with Crippen LogP contribution in [0.15, 0.2) is 12.1 Å². The van der Waals surface area contributed by atoms with Gasteiger partial charge in [0.25, 0.3) is 0 Å². The van der Waals surface area contributed by atoms with Gasteiger partial charge in [-0.1, -0.05) is 26.2 Å². The van der Waals surface area contributed by atoms with E-state index in [1.165, 1.54) is 13.5 Å². The first kappa shape index (κ1) is 17.2. The number of benzene rings is 1. The molecule has 1 fully saturated rings. The van der Waals surface area contributed by atoms with Crippen LogP contribution in [0.3, 0.4) is 0 Å². The lowest BCUT2D eigenvalue weighted by Gasteiger charge is -2.48. The second-order valence-corrected chi connectivity index (χ2v) is 7.28. The maximum atomic E-state index is 12.3. The van der Waals surface area contributed by atoms with Crippen LogP contribution in [0.25, 0.3) is 0 Å². The molecule has 3 unspecified atom stereocenters. The lowest BCUT2D eigenvalue weighted by molar-refractivity contribution is 0.0346. The van der Waals surface area contributed by atoms with Crippen molar-refractivity contribution in [1.29, 1.82) is 0 Å². The van der Waals surface area contributed by atoms with Gasteiger partial charge in [0.1, 0.15) is 5.75 Å². The number of hydroxylamine groups is 1. The third-order valence-electron chi connectivity index (χ3n) is 6.01. The predicted octanol–water partition coefficient (Wildman–Crippen LogP) is 3.22. The summed E-state index contributed by atoms with van der Waals surface area (Å²) < 4.78 is 10.4. The van der Waals surface area contributed by atoms with E-state index >= 15 is 0 Å². The van der Waals surface area contributed by atoms with Crippen LogP contribution < -0.4 is 10.2 Å². The molecule has 5 nitrogen and oxygen atoms in total. The Morgan fingerprint density at radius 3 is 2.75 bits per heavy atom. The van der Waals surface area contributed by atoms with Crippen LogP contribution in [-0.2, 0) is 16.6 Å². The third kappa shape index (κ3) is 2.70. The molecule has 2 N–H and O–H groups in total. The molecule has 0 radical (unpaired) electrons. The zero-order valence-corrected chi connectivity index (χ0v) is 14.7. The molecule has 0 heterocycles. The summed E-state index contributed by atoms with van der Waals surface area (Å²) in [7, 11) is 3.02. The van der Waals surface area contributed by atoms with Gasteiger partial charge in [0.15, 0.2) is 0 Å². The van der Waals surface area contributed by atoms with Gasteiger partial charge in [0, 0.05) is 11.5 Å². The number of nitrogens with one attached hydrogen (secondary N) is 1. The number of fused-ring (bicyclic) bond motifs is 4. The summed E-state index contributed by atoms with van der Waals surface area (Å²) in [4.78, 5) is 12.3. The standard InChI is InChI=1S/C19H27NO4/c1-19-8-6-4-5-7-12(17(19)20-22)9-14-15(18(21)24-3)10-13(23-2)11-16(14)19/h10-12,17,20,22H,4-9H2,1-3H3. The lowest BCUT2D eigenvalue weighted by atomic mass is 9.59. The van der Waals surface area contributed by atoms with Crippen LogP contribution in [-0.4, -0.2) is 31.4 Å². The highest BCUT2D eigenvalue weighted by Gasteiger charge is 2.47. The molecule has 1 saturated carbocycles. The molecule has 1 aromatic rings. The number of methoxy groups -OCH3 is 2. The number of esters is 1. The maximum Gasteiger partial charge on any atom is 0.338 e. The highest BCUT2D eigenvalue weighted by molar-refractivity contribution is 5.92. The minimum absolute atomic E-state index is 0.0112. The van der Waals surface area contributed by atoms with Crippen molar-refractivity contribution in [3.8, 4) is 5.75 Å². The number of carbonyl (C=O) groups excluding carboxylic acids is 1. The van der Waals surface area contributed by atoms with Crippen LogP contribution in [0.1, 0.15) is 60.5 Å². The van der Waals surface area contributed by atoms with Crippen molar-refractivity contribution in [3.63, 3.8) is 0 Å². The van der Waals surface area contributed by atoms with Gasteiger partial charge in [0.05, 0.1) is 19.8 Å². The molecule has 0 spiro atoms. The lowest BCUT2D eigenvalue weighted by Crippen LogP contribution is -2.54. The molecule has 0 saturated heterocycles. The van der Waals surface area contributed by atoms with Crippen molar-refractivity contribution < 1.29 is 19.5 Å². The first-order chi connectivity index (χ1) is 11.5. The maximum absolute atomic E-state index is 12.3. The van der Waals surface area contributed by atoms with Crippen molar-refractivity contribution in [1.82, 2.24) is 5.48 Å². The quantitative estimate of drug-likeness (QED) is 0.657. The van der Waals surface area contributed by atoms with E-state index in [0.717, 1.165) is 43.2 Å². The van der Waals surface area contributed by atoms with Gasteiger partial charge in [-0.25, -0.2) is 10.3 Å². The number of ether oxygens (including phenoxy) is 2. The normalized spacial score (nSPS) is 29.2. The van der Waals surface area contributed by atoms with Crippen LogP contribution in [0.4, 0.5) is 0 Å². The van der Waals surface area contributed by atoms with Gasteiger partial charge in [-0.05, 0) is 48.4 Å². The Balaban J connectivity index is 2.22. The summed E-state index contributed by atoms with van der Waals surface area (Å²) >= 11 is 0. The average molecular weight is 333 g/mol. The Morgan fingerprint density at radius 1 is 1.29 bits per heavy atom. The van der Waals surface area contributed by atoms with E-state index in [1.54, 1.807) is 13.2 Å². The van der Waals surface area contributed by atoms with Gasteiger partial charge < -0.3 is 14.7 Å². The Morgan fingerprint density at radius 2 is 2.08 bits per heavy atom. The zero-order chi connectivity index (χ0) is 17.3. The summed E-state index contributed by atoms with van der Waals surface area (Å²) in [6.07, 6.45) is 6.30. The zero-order valence-electron chi connectivity index (χ0n) is 14.7. The monoisotopic (exact) mass is 333 g/mol. The molecule has 2 aliphatic carbocycles. The predicted molar refractivity (Wildman–Crippen MR) is 90.7 cm³/mol. The fraction of sp³-hybridized carbons (Fsp3) is 0.632. The van der Waals surface area contributed by atoms with Crippen molar-refractivity contribution in [2.75, 3.05) is 14.2 Å². The van der Waals surface area contributed by atoms with Crippen molar-refractivity contribution in [2.45, 2.75) is 56.9 Å². The highest BCUT2D eigenvalue weighted by atomic mass is 16.5. The molecule has 1 aromatic carbocycles. The molecular weight excluding hydrogens is 306 g/mol. The Labute approximate surface area is 143 Å². The van der Waals surface area contributed by atoms with E-state index in [0.29, 0.717) is 17.2 Å². The van der Waals surface area contributed by atoms with Crippen LogP contribution in [0.5, 0.6) is 5.75 Å². The van der Waals surface area contributed by atoms with Gasteiger partial charge in [-0.15, -0.1) is 0 Å². The molecule has 0 amide bonds. The number of hydrogen-bond donors (Lipinski definition) is 2.